The topological polar surface area (TPSA) is 137 Å². The molecule has 2 aromatic carbocycles. The van der Waals surface area contributed by atoms with Crippen LogP contribution in [0, 0.1) is 10.8 Å². The Bertz CT molecular complexity index is 1520. The molecule has 0 unspecified atom stereocenters. The molecule has 0 spiro atoms. The maximum absolute atomic E-state index is 11.8. The lowest BCUT2D eigenvalue weighted by molar-refractivity contribution is 0.529. The fourth-order valence-electron chi connectivity index (χ4n) is 3.03. The summed E-state index contributed by atoms with van der Waals surface area (Å²) in [4.78, 5) is 5.46. The first-order valence-corrected chi connectivity index (χ1v) is 13.9. The molecule has 4 rings (SSSR count). The van der Waals surface area contributed by atoms with Crippen LogP contribution in [0.5, 0.6) is 0 Å². The van der Waals surface area contributed by atoms with Crippen molar-refractivity contribution < 1.29 is 12.8 Å². The van der Waals surface area contributed by atoms with Gasteiger partial charge in [-0.1, -0.05) is 47.1 Å². The van der Waals surface area contributed by atoms with E-state index < -0.39 is 9.84 Å². The summed E-state index contributed by atoms with van der Waals surface area (Å²) in [6.45, 7) is 0. The van der Waals surface area contributed by atoms with Gasteiger partial charge in [-0.15, -0.1) is 10.2 Å². The molecule has 36 heavy (non-hydrogen) atoms. The molecule has 0 fully saturated rings. The second kappa shape index (κ2) is 10.8. The van der Waals surface area contributed by atoms with E-state index in [0.717, 1.165) is 18.0 Å². The Labute approximate surface area is 221 Å². The van der Waals surface area contributed by atoms with Gasteiger partial charge in [-0.05, 0) is 48.5 Å². The van der Waals surface area contributed by atoms with Crippen molar-refractivity contribution in [1.29, 1.82) is 10.8 Å². The number of nitrogens with zero attached hydrogens (tertiary/aromatic N) is 4. The van der Waals surface area contributed by atoms with Crippen LogP contribution in [0.25, 0.3) is 11.5 Å². The highest BCUT2D eigenvalue weighted by Gasteiger charge is 2.24. The van der Waals surface area contributed by atoms with Gasteiger partial charge in [-0.2, -0.15) is 0 Å². The van der Waals surface area contributed by atoms with Gasteiger partial charge in [-0.25, -0.2) is 8.42 Å². The summed E-state index contributed by atoms with van der Waals surface area (Å²) in [5.41, 5.74) is 1.26. The highest BCUT2D eigenvalue weighted by atomic mass is 35.5. The maximum atomic E-state index is 11.8. The molecule has 2 N–H and O–H groups in total. The van der Waals surface area contributed by atoms with Gasteiger partial charge in [0.1, 0.15) is 5.69 Å². The molecule has 0 aliphatic heterocycles. The van der Waals surface area contributed by atoms with E-state index in [1.54, 1.807) is 48.5 Å². The normalized spacial score (nSPS) is 11.3. The zero-order valence-electron chi connectivity index (χ0n) is 18.6. The van der Waals surface area contributed by atoms with Crippen molar-refractivity contribution in [2.45, 2.75) is 10.6 Å². The molecule has 9 nitrogen and oxygen atoms in total. The number of amidine groups is 2. The van der Waals surface area contributed by atoms with Crippen LogP contribution < -0.4 is 4.90 Å². The van der Waals surface area contributed by atoms with E-state index in [0.29, 0.717) is 27.2 Å². The van der Waals surface area contributed by atoms with E-state index >= 15 is 0 Å². The molecule has 0 amide bonds. The van der Waals surface area contributed by atoms with Crippen molar-refractivity contribution in [2.24, 2.45) is 0 Å². The van der Waals surface area contributed by atoms with E-state index in [-0.39, 0.29) is 33.2 Å². The molecule has 4 aromatic rings. The Morgan fingerprint density at radius 1 is 1.03 bits per heavy atom. The number of rotatable bonds is 6. The predicted molar refractivity (Wildman–Crippen MR) is 142 cm³/mol. The van der Waals surface area contributed by atoms with Gasteiger partial charge in [-0.3, -0.25) is 20.7 Å². The Kier molecular flexibility index (Phi) is 7.74. The monoisotopic (exact) mass is 560 g/mol. The molecule has 0 aliphatic carbocycles. The lowest BCUT2D eigenvalue weighted by atomic mass is 10.2. The molecule has 0 aliphatic rings. The fourth-order valence-corrected chi connectivity index (χ4v) is 4.64. The number of thioether (sulfide) groups is 1. The third kappa shape index (κ3) is 5.93. The summed E-state index contributed by atoms with van der Waals surface area (Å²) in [6, 6.07) is 16.5. The van der Waals surface area contributed by atoms with Crippen molar-refractivity contribution in [3.05, 3.63) is 88.5 Å². The van der Waals surface area contributed by atoms with Crippen LogP contribution in [0.4, 0.5) is 5.69 Å². The molecule has 0 atom stereocenters. The van der Waals surface area contributed by atoms with E-state index in [1.165, 1.54) is 23.2 Å². The predicted octanol–water partition coefficient (Wildman–Crippen LogP) is 5.54. The molecule has 2 heterocycles. The smallest absolute Gasteiger partial charge is 0.247 e. The van der Waals surface area contributed by atoms with Crippen LogP contribution >= 0.6 is 35.0 Å². The number of sulfone groups is 1. The molecule has 2 aromatic heterocycles. The average molecular weight is 561 g/mol. The molecule has 0 saturated carbocycles. The van der Waals surface area contributed by atoms with Crippen LogP contribution in [0.15, 0.2) is 76.2 Å². The van der Waals surface area contributed by atoms with Crippen LogP contribution in [0.2, 0.25) is 10.0 Å². The molecular weight excluding hydrogens is 543 g/mol. The minimum Gasteiger partial charge on any atom is -0.420 e. The maximum Gasteiger partial charge on any atom is 0.247 e. The van der Waals surface area contributed by atoms with Crippen molar-refractivity contribution in [1.82, 2.24) is 15.2 Å². The number of halogens is 2. The summed E-state index contributed by atoms with van der Waals surface area (Å²) in [5.74, 6) is 0.609. The number of nitrogens with one attached hydrogen (secondary N) is 2. The van der Waals surface area contributed by atoms with Crippen LogP contribution in [-0.2, 0) is 15.6 Å². The van der Waals surface area contributed by atoms with Crippen LogP contribution in [0.1, 0.15) is 11.6 Å². The van der Waals surface area contributed by atoms with E-state index in [1.807, 2.05) is 0 Å². The Morgan fingerprint density at radius 2 is 1.75 bits per heavy atom. The highest BCUT2D eigenvalue weighted by molar-refractivity contribution is 8.13. The molecule has 13 heteroatoms. The lowest BCUT2D eigenvalue weighted by Crippen LogP contribution is -2.35. The first kappa shape index (κ1) is 25.8. The number of hydrogen-bond acceptors (Lipinski definition) is 9. The Morgan fingerprint density at radius 3 is 2.39 bits per heavy atom. The van der Waals surface area contributed by atoms with Crippen LogP contribution in [-0.4, -0.2) is 40.9 Å². The van der Waals surface area contributed by atoms with Gasteiger partial charge in [0.15, 0.2) is 20.8 Å². The van der Waals surface area contributed by atoms with Gasteiger partial charge in [0, 0.05) is 23.0 Å². The average Bonchev–Trinajstić information content (AvgIpc) is 3.33. The number of pyridine rings is 1. The minimum atomic E-state index is -3.44. The van der Waals surface area contributed by atoms with Crippen LogP contribution in [0.3, 0.4) is 0 Å². The molecule has 184 valence electrons. The summed E-state index contributed by atoms with van der Waals surface area (Å²) >= 11 is 13.4. The van der Waals surface area contributed by atoms with E-state index in [4.69, 9.17) is 38.4 Å². The van der Waals surface area contributed by atoms with E-state index in [2.05, 4.69) is 15.2 Å². The lowest BCUT2D eigenvalue weighted by Gasteiger charge is -2.25. The Hall–Kier alpha value is -3.25. The first-order chi connectivity index (χ1) is 17.1. The standard InChI is InChI=1S/C23H18Cl2N6O3S2/c1-36(32,33)16-10-11-18(28-12-16)21(26)31(19-5-3-2-4-17(19)25)23(27)35-13-20-29-30-22(34-20)14-6-8-15(24)9-7-14/h2-12,26-27H,13H2,1H3. The zero-order valence-corrected chi connectivity index (χ0v) is 21.8. The van der Waals surface area contributed by atoms with Crippen molar-refractivity contribution in [3.63, 3.8) is 0 Å². The third-order valence-electron chi connectivity index (χ3n) is 4.82. The fraction of sp³-hybridized carbons (Fsp3) is 0.0870. The highest BCUT2D eigenvalue weighted by Crippen LogP contribution is 2.30. The third-order valence-corrected chi connectivity index (χ3v) is 7.33. The SMILES string of the molecule is CS(=O)(=O)c1ccc(C(=N)N(C(=N)SCc2nnc(-c3ccc(Cl)cc3)o2)c2ccccc2Cl)nc1. The quantitative estimate of drug-likeness (QED) is 0.231. The second-order valence-electron chi connectivity index (χ2n) is 7.39. The molecule has 0 saturated heterocycles. The number of anilines is 1. The summed E-state index contributed by atoms with van der Waals surface area (Å²) in [5, 5.41) is 26.4. The molecule has 0 bridgehead atoms. The van der Waals surface area contributed by atoms with Gasteiger partial charge < -0.3 is 4.42 Å². The largest absolute Gasteiger partial charge is 0.420 e. The second-order valence-corrected chi connectivity index (χ2v) is 11.2. The summed E-state index contributed by atoms with van der Waals surface area (Å²) in [6.07, 6.45) is 2.25. The minimum absolute atomic E-state index is 0.0284. The number of hydrogen-bond donors (Lipinski definition) is 2. The summed E-state index contributed by atoms with van der Waals surface area (Å²) in [7, 11) is -3.44. The first-order valence-electron chi connectivity index (χ1n) is 10.2. The zero-order chi connectivity index (χ0) is 25.9. The van der Waals surface area contributed by atoms with Gasteiger partial charge in [0.2, 0.25) is 11.8 Å². The van der Waals surface area contributed by atoms with Crippen molar-refractivity contribution >= 4 is 61.5 Å². The summed E-state index contributed by atoms with van der Waals surface area (Å²) < 4.78 is 29.2. The number of para-hydroxylation sites is 1. The van der Waals surface area contributed by atoms with E-state index in [9.17, 15) is 8.42 Å². The van der Waals surface area contributed by atoms with Crippen molar-refractivity contribution in [3.8, 4) is 11.5 Å². The van der Waals surface area contributed by atoms with Crippen molar-refractivity contribution in [2.75, 3.05) is 11.2 Å². The van der Waals surface area contributed by atoms with Gasteiger partial charge in [0.05, 0.1) is 21.4 Å². The Balaban J connectivity index is 1.56. The number of aromatic nitrogens is 3. The molecular formula is C23H18Cl2N6O3S2. The number of benzene rings is 2. The van der Waals surface area contributed by atoms with Gasteiger partial charge >= 0.3 is 0 Å². The molecule has 0 radical (unpaired) electrons. The van der Waals surface area contributed by atoms with Gasteiger partial charge in [0.25, 0.3) is 0 Å².